The molecule has 186 valence electrons. The van der Waals surface area contributed by atoms with Crippen LogP contribution in [0, 0.1) is 5.92 Å². The number of unbranched alkanes of at least 4 members (excludes halogenated alkanes) is 1. The van der Waals surface area contributed by atoms with Crippen molar-refractivity contribution in [1.29, 1.82) is 0 Å². The van der Waals surface area contributed by atoms with Crippen molar-refractivity contribution >= 4 is 23.7 Å². The molecule has 0 radical (unpaired) electrons. The molecule has 1 heterocycles. The lowest BCUT2D eigenvalue weighted by molar-refractivity contribution is -0.143. The number of nitrogens with zero attached hydrogens (tertiary/aromatic N) is 1. The monoisotopic (exact) mass is 467 g/mol. The van der Waals surface area contributed by atoms with Crippen molar-refractivity contribution in [1.82, 2.24) is 25.9 Å². The van der Waals surface area contributed by atoms with Crippen molar-refractivity contribution in [3.05, 3.63) is 18.2 Å². The first kappa shape index (κ1) is 28.0. The number of hydrogen-bond acceptors (Lipinski definition) is 7. The number of aromatic nitrogens is 2. The van der Waals surface area contributed by atoms with Crippen LogP contribution in [0.3, 0.4) is 0 Å². The van der Waals surface area contributed by atoms with Gasteiger partial charge in [0, 0.05) is 18.3 Å². The molecule has 0 saturated heterocycles. The summed E-state index contributed by atoms with van der Waals surface area (Å²) in [6.45, 7) is 5.46. The van der Waals surface area contributed by atoms with Gasteiger partial charge >= 0.3 is 5.97 Å². The normalized spacial score (nSPS) is 15.5. The molecule has 9 N–H and O–H groups in total. The Kier molecular flexibility index (Phi) is 12.1. The van der Waals surface area contributed by atoms with Gasteiger partial charge in [-0.1, -0.05) is 20.3 Å². The number of amides is 3. The lowest BCUT2D eigenvalue weighted by Gasteiger charge is -2.25. The summed E-state index contributed by atoms with van der Waals surface area (Å²) in [4.78, 5) is 56.1. The molecule has 33 heavy (non-hydrogen) atoms. The van der Waals surface area contributed by atoms with E-state index in [0.717, 1.165) is 0 Å². The van der Waals surface area contributed by atoms with Gasteiger partial charge in [-0.15, -0.1) is 0 Å². The number of carbonyl (C=O) groups excluding carboxylic acids is 3. The van der Waals surface area contributed by atoms with E-state index in [2.05, 4.69) is 25.9 Å². The second-order valence-electron chi connectivity index (χ2n) is 8.17. The highest BCUT2D eigenvalue weighted by molar-refractivity contribution is 5.93. The molecule has 1 rings (SSSR count). The fraction of sp³-hybridized carbons (Fsp3) is 0.667. The third kappa shape index (κ3) is 9.58. The van der Waals surface area contributed by atoms with Crippen molar-refractivity contribution in [2.24, 2.45) is 17.4 Å². The van der Waals surface area contributed by atoms with E-state index in [1.165, 1.54) is 13.3 Å². The van der Waals surface area contributed by atoms with Gasteiger partial charge in [0.2, 0.25) is 17.7 Å². The standard InChI is InChI=1S/C21H37N7O5/c1-4-12(2)17(21(32)33)28-20(31)16(7-5-6-8-22)27-18(29)13(3)26-19(30)15(23)9-14-10-24-11-25-14/h10-13,15-17H,4-9,22-23H2,1-3H3,(H,24,25)(H,26,30)(H,27,29)(H,28,31)(H,32,33). The fourth-order valence-electron chi connectivity index (χ4n) is 3.11. The highest BCUT2D eigenvalue weighted by Crippen LogP contribution is 2.10. The number of aromatic amines is 1. The lowest BCUT2D eigenvalue weighted by Crippen LogP contribution is -2.57. The number of imidazole rings is 1. The van der Waals surface area contributed by atoms with E-state index < -0.39 is 47.9 Å². The molecule has 0 aliphatic carbocycles. The van der Waals surface area contributed by atoms with Gasteiger partial charge in [0.15, 0.2) is 0 Å². The van der Waals surface area contributed by atoms with E-state index in [4.69, 9.17) is 11.5 Å². The van der Waals surface area contributed by atoms with Crippen LogP contribution in [0.15, 0.2) is 12.5 Å². The Morgan fingerprint density at radius 3 is 2.33 bits per heavy atom. The van der Waals surface area contributed by atoms with Gasteiger partial charge in [-0.3, -0.25) is 14.4 Å². The number of carbonyl (C=O) groups is 4. The molecule has 0 aliphatic rings. The Hall–Kier alpha value is -2.99. The molecule has 0 aromatic carbocycles. The molecular formula is C21H37N7O5. The Bertz CT molecular complexity index is 771. The first-order valence-electron chi connectivity index (χ1n) is 11.2. The molecular weight excluding hydrogens is 430 g/mol. The smallest absolute Gasteiger partial charge is 0.326 e. The zero-order valence-corrected chi connectivity index (χ0v) is 19.5. The lowest BCUT2D eigenvalue weighted by atomic mass is 9.98. The topological polar surface area (TPSA) is 205 Å². The molecule has 5 unspecified atom stereocenters. The number of aliphatic carboxylic acids is 1. The van der Waals surface area contributed by atoms with Gasteiger partial charge in [-0.25, -0.2) is 9.78 Å². The summed E-state index contributed by atoms with van der Waals surface area (Å²) >= 11 is 0. The maximum Gasteiger partial charge on any atom is 0.326 e. The minimum absolute atomic E-state index is 0.219. The predicted molar refractivity (Wildman–Crippen MR) is 122 cm³/mol. The second kappa shape index (κ2) is 14.2. The van der Waals surface area contributed by atoms with E-state index in [-0.39, 0.29) is 18.8 Å². The van der Waals surface area contributed by atoms with Crippen molar-refractivity contribution in [2.45, 2.75) is 77.0 Å². The number of carboxylic acid groups (broad SMARTS) is 1. The largest absolute Gasteiger partial charge is 0.480 e. The van der Waals surface area contributed by atoms with Gasteiger partial charge < -0.3 is 37.5 Å². The molecule has 12 nitrogen and oxygen atoms in total. The first-order valence-corrected chi connectivity index (χ1v) is 11.2. The minimum Gasteiger partial charge on any atom is -0.480 e. The Balaban J connectivity index is 2.76. The Labute approximate surface area is 193 Å². The van der Waals surface area contributed by atoms with Gasteiger partial charge in [0.25, 0.3) is 0 Å². The average molecular weight is 468 g/mol. The molecule has 12 heteroatoms. The maximum atomic E-state index is 12.8. The first-order chi connectivity index (χ1) is 15.6. The predicted octanol–water partition coefficient (Wildman–Crippen LogP) is -0.986. The van der Waals surface area contributed by atoms with Gasteiger partial charge in [-0.2, -0.15) is 0 Å². The van der Waals surface area contributed by atoms with E-state index in [1.54, 1.807) is 13.1 Å². The van der Waals surface area contributed by atoms with E-state index >= 15 is 0 Å². The summed E-state index contributed by atoms with van der Waals surface area (Å²) in [5.74, 6) is -3.14. The van der Waals surface area contributed by atoms with Crippen LogP contribution in [0.2, 0.25) is 0 Å². The third-order valence-corrected chi connectivity index (χ3v) is 5.44. The molecule has 0 fully saturated rings. The average Bonchev–Trinajstić information content (AvgIpc) is 3.28. The number of nitrogens with two attached hydrogens (primary N) is 2. The van der Waals surface area contributed by atoms with Crippen LogP contribution < -0.4 is 27.4 Å². The van der Waals surface area contributed by atoms with Gasteiger partial charge in [0.1, 0.15) is 18.1 Å². The number of carboxylic acids is 1. The van der Waals surface area contributed by atoms with Crippen LogP contribution in [0.25, 0.3) is 0 Å². The molecule has 0 saturated carbocycles. The maximum absolute atomic E-state index is 12.8. The summed E-state index contributed by atoms with van der Waals surface area (Å²) in [5, 5.41) is 17.1. The van der Waals surface area contributed by atoms with E-state index in [0.29, 0.717) is 31.5 Å². The number of rotatable bonds is 15. The Morgan fingerprint density at radius 1 is 1.09 bits per heavy atom. The SMILES string of the molecule is CCC(C)C(NC(=O)C(CCCCN)NC(=O)C(C)NC(=O)C(N)Cc1cnc[nH]1)C(=O)O. The van der Waals surface area contributed by atoms with Crippen molar-refractivity contribution < 1.29 is 24.3 Å². The summed E-state index contributed by atoms with van der Waals surface area (Å²) in [5.41, 5.74) is 12.1. The van der Waals surface area contributed by atoms with E-state index in [9.17, 15) is 24.3 Å². The van der Waals surface area contributed by atoms with Crippen LogP contribution in [0.1, 0.15) is 52.1 Å². The summed E-state index contributed by atoms with van der Waals surface area (Å²) in [7, 11) is 0. The summed E-state index contributed by atoms with van der Waals surface area (Å²) in [6, 6.07) is -3.89. The fourth-order valence-corrected chi connectivity index (χ4v) is 3.11. The van der Waals surface area contributed by atoms with Crippen LogP contribution >= 0.6 is 0 Å². The third-order valence-electron chi connectivity index (χ3n) is 5.44. The molecule has 0 bridgehead atoms. The highest BCUT2D eigenvalue weighted by atomic mass is 16.4. The Morgan fingerprint density at radius 2 is 1.79 bits per heavy atom. The van der Waals surface area contributed by atoms with Gasteiger partial charge in [0.05, 0.1) is 12.4 Å². The number of nitrogens with one attached hydrogen (secondary N) is 4. The molecule has 3 amide bonds. The van der Waals surface area contributed by atoms with Crippen LogP contribution in [-0.2, 0) is 25.6 Å². The molecule has 0 aliphatic heterocycles. The van der Waals surface area contributed by atoms with Gasteiger partial charge in [-0.05, 0) is 38.6 Å². The molecule has 0 spiro atoms. The second-order valence-corrected chi connectivity index (χ2v) is 8.17. The highest BCUT2D eigenvalue weighted by Gasteiger charge is 2.30. The quantitative estimate of drug-likeness (QED) is 0.159. The summed E-state index contributed by atoms with van der Waals surface area (Å²) in [6.07, 6.45) is 5.29. The minimum atomic E-state index is -1.14. The molecule has 1 aromatic heterocycles. The zero-order chi connectivity index (χ0) is 25.0. The van der Waals surface area contributed by atoms with Crippen molar-refractivity contribution in [3.8, 4) is 0 Å². The molecule has 1 aromatic rings. The zero-order valence-electron chi connectivity index (χ0n) is 19.5. The number of hydrogen-bond donors (Lipinski definition) is 7. The van der Waals surface area contributed by atoms with Crippen molar-refractivity contribution in [2.75, 3.05) is 6.54 Å². The van der Waals surface area contributed by atoms with Crippen LogP contribution in [0.4, 0.5) is 0 Å². The van der Waals surface area contributed by atoms with Crippen LogP contribution in [-0.4, -0.2) is 69.5 Å². The summed E-state index contributed by atoms with van der Waals surface area (Å²) < 4.78 is 0. The van der Waals surface area contributed by atoms with E-state index in [1.807, 2.05) is 6.92 Å². The van der Waals surface area contributed by atoms with Crippen molar-refractivity contribution in [3.63, 3.8) is 0 Å². The van der Waals surface area contributed by atoms with Crippen LogP contribution in [0.5, 0.6) is 0 Å². The molecule has 5 atom stereocenters. The number of H-pyrrole nitrogens is 1.